The highest BCUT2D eigenvalue weighted by molar-refractivity contribution is 5.88. The summed E-state index contributed by atoms with van der Waals surface area (Å²) in [5.41, 5.74) is 1.90. The van der Waals surface area contributed by atoms with Crippen molar-refractivity contribution in [3.8, 4) is 11.3 Å². The Balaban J connectivity index is 2.02. The van der Waals surface area contributed by atoms with E-state index in [-0.39, 0.29) is 0 Å². The first-order chi connectivity index (χ1) is 10.7. The molecule has 2 N–H and O–H groups in total. The molecule has 0 fully saturated rings. The van der Waals surface area contributed by atoms with E-state index in [9.17, 15) is 0 Å². The second-order valence-corrected chi connectivity index (χ2v) is 5.47. The lowest BCUT2D eigenvalue weighted by molar-refractivity contribution is 0.886. The van der Waals surface area contributed by atoms with E-state index in [2.05, 4.69) is 51.6 Å². The lowest BCUT2D eigenvalue weighted by Crippen LogP contribution is -2.11. The molecular weight excluding hydrogens is 274 g/mol. The first-order valence-electron chi connectivity index (χ1n) is 7.32. The summed E-state index contributed by atoms with van der Waals surface area (Å²) in [5.74, 6) is 1.64. The van der Waals surface area contributed by atoms with Gasteiger partial charge in [-0.1, -0.05) is 12.1 Å². The number of benzene rings is 1. The average molecular weight is 293 g/mol. The average Bonchev–Trinajstić information content (AvgIpc) is 2.53. The molecule has 0 spiro atoms. The number of hydrogen-bond acceptors (Lipinski definition) is 5. The van der Waals surface area contributed by atoms with Crippen molar-refractivity contribution in [3.05, 3.63) is 42.9 Å². The number of pyridine rings is 1. The highest BCUT2D eigenvalue weighted by Gasteiger charge is 2.05. The zero-order valence-electron chi connectivity index (χ0n) is 13.0. The molecule has 0 amide bonds. The molecule has 3 aromatic rings. The van der Waals surface area contributed by atoms with Gasteiger partial charge in [-0.15, -0.1) is 0 Å². The summed E-state index contributed by atoms with van der Waals surface area (Å²) in [7, 11) is 1.87. The molecule has 22 heavy (non-hydrogen) atoms. The zero-order valence-corrected chi connectivity index (χ0v) is 13.0. The predicted octanol–water partition coefficient (Wildman–Crippen LogP) is 3.55. The predicted molar refractivity (Wildman–Crippen MR) is 91.1 cm³/mol. The summed E-state index contributed by atoms with van der Waals surface area (Å²) in [4.78, 5) is 13.2. The van der Waals surface area contributed by atoms with Gasteiger partial charge in [0.15, 0.2) is 0 Å². The van der Waals surface area contributed by atoms with E-state index in [4.69, 9.17) is 0 Å². The van der Waals surface area contributed by atoms with Gasteiger partial charge in [-0.05, 0) is 31.4 Å². The topological polar surface area (TPSA) is 62.7 Å². The number of nitrogens with one attached hydrogen (secondary N) is 2. The first kappa shape index (κ1) is 14.3. The van der Waals surface area contributed by atoms with Crippen molar-refractivity contribution in [3.63, 3.8) is 0 Å². The highest BCUT2D eigenvalue weighted by atomic mass is 15.0. The number of hydrogen-bond donors (Lipinski definition) is 2. The summed E-state index contributed by atoms with van der Waals surface area (Å²) in [5, 5.41) is 8.57. The fraction of sp³-hybridized carbons (Fsp3) is 0.235. The SMILES string of the molecule is CNc1cc2cc(-c3cncc(NC(C)C)n3)ccc2cn1. The van der Waals surface area contributed by atoms with E-state index < -0.39 is 0 Å². The minimum absolute atomic E-state index is 0.324. The van der Waals surface area contributed by atoms with Crippen LogP contribution in [-0.2, 0) is 0 Å². The van der Waals surface area contributed by atoms with Crippen LogP contribution < -0.4 is 10.6 Å². The molecule has 3 rings (SSSR count). The van der Waals surface area contributed by atoms with Crippen LogP contribution in [0.25, 0.3) is 22.0 Å². The minimum Gasteiger partial charge on any atom is -0.373 e. The molecule has 2 aromatic heterocycles. The Hall–Kier alpha value is -2.69. The number of nitrogens with zero attached hydrogens (tertiary/aromatic N) is 3. The van der Waals surface area contributed by atoms with E-state index in [1.165, 1.54) is 0 Å². The van der Waals surface area contributed by atoms with E-state index in [0.29, 0.717) is 6.04 Å². The van der Waals surface area contributed by atoms with Gasteiger partial charge in [-0.2, -0.15) is 0 Å². The maximum atomic E-state index is 4.63. The molecule has 0 bridgehead atoms. The summed E-state index contributed by atoms with van der Waals surface area (Å²) < 4.78 is 0. The number of anilines is 2. The smallest absolute Gasteiger partial charge is 0.145 e. The summed E-state index contributed by atoms with van der Waals surface area (Å²) in [6, 6.07) is 8.57. The van der Waals surface area contributed by atoms with Crippen LogP contribution in [0.2, 0.25) is 0 Å². The Morgan fingerprint density at radius 2 is 1.82 bits per heavy atom. The number of aromatic nitrogens is 3. The van der Waals surface area contributed by atoms with Gasteiger partial charge >= 0.3 is 0 Å². The molecule has 5 nitrogen and oxygen atoms in total. The molecular formula is C17H19N5. The van der Waals surface area contributed by atoms with Crippen LogP contribution in [0.1, 0.15) is 13.8 Å². The van der Waals surface area contributed by atoms with Crippen molar-refractivity contribution < 1.29 is 0 Å². The van der Waals surface area contributed by atoms with Crippen molar-refractivity contribution in [1.29, 1.82) is 0 Å². The second-order valence-electron chi connectivity index (χ2n) is 5.47. The molecule has 0 saturated carbocycles. The third kappa shape index (κ3) is 2.98. The van der Waals surface area contributed by atoms with E-state index in [1.54, 1.807) is 12.4 Å². The third-order valence-electron chi connectivity index (χ3n) is 3.34. The lowest BCUT2D eigenvalue weighted by Gasteiger charge is -2.10. The van der Waals surface area contributed by atoms with Crippen molar-refractivity contribution in [2.75, 3.05) is 17.7 Å². The van der Waals surface area contributed by atoms with E-state index >= 15 is 0 Å². The Morgan fingerprint density at radius 1 is 0.955 bits per heavy atom. The van der Waals surface area contributed by atoms with Crippen LogP contribution in [0.5, 0.6) is 0 Å². The monoisotopic (exact) mass is 293 g/mol. The molecule has 0 radical (unpaired) electrons. The van der Waals surface area contributed by atoms with Crippen LogP contribution in [0.3, 0.4) is 0 Å². The molecule has 1 aromatic carbocycles. The quantitative estimate of drug-likeness (QED) is 0.770. The van der Waals surface area contributed by atoms with Crippen LogP contribution in [-0.4, -0.2) is 28.0 Å². The van der Waals surface area contributed by atoms with Crippen molar-refractivity contribution in [1.82, 2.24) is 15.0 Å². The van der Waals surface area contributed by atoms with Crippen molar-refractivity contribution in [2.45, 2.75) is 19.9 Å². The second kappa shape index (κ2) is 5.97. The normalized spacial score (nSPS) is 10.9. The van der Waals surface area contributed by atoms with Gasteiger partial charge < -0.3 is 10.6 Å². The van der Waals surface area contributed by atoms with Crippen LogP contribution in [0.15, 0.2) is 42.9 Å². The van der Waals surface area contributed by atoms with Gasteiger partial charge in [-0.3, -0.25) is 4.98 Å². The standard InChI is InChI=1S/C17H19N5/c1-11(2)21-17-10-19-9-15(22-17)12-4-5-13-8-20-16(18-3)7-14(13)6-12/h4-11H,1-3H3,(H,18,20)(H,21,22). The molecule has 0 aliphatic heterocycles. The maximum Gasteiger partial charge on any atom is 0.145 e. The van der Waals surface area contributed by atoms with Crippen molar-refractivity contribution in [2.24, 2.45) is 0 Å². The molecule has 0 aliphatic carbocycles. The fourth-order valence-electron chi connectivity index (χ4n) is 2.31. The van der Waals surface area contributed by atoms with Crippen molar-refractivity contribution >= 4 is 22.4 Å². The Labute approximate surface area is 129 Å². The third-order valence-corrected chi connectivity index (χ3v) is 3.34. The summed E-state index contributed by atoms with van der Waals surface area (Å²) in [6.45, 7) is 4.16. The van der Waals surface area contributed by atoms with Crippen LogP contribution >= 0.6 is 0 Å². The fourth-order valence-corrected chi connectivity index (χ4v) is 2.31. The number of rotatable bonds is 4. The van der Waals surface area contributed by atoms with Crippen LogP contribution in [0.4, 0.5) is 11.6 Å². The van der Waals surface area contributed by atoms with E-state index in [0.717, 1.165) is 33.7 Å². The number of fused-ring (bicyclic) bond motifs is 1. The largest absolute Gasteiger partial charge is 0.373 e. The highest BCUT2D eigenvalue weighted by Crippen LogP contribution is 2.24. The van der Waals surface area contributed by atoms with E-state index in [1.807, 2.05) is 25.4 Å². The molecule has 0 atom stereocenters. The minimum atomic E-state index is 0.324. The van der Waals surface area contributed by atoms with Gasteiger partial charge in [0, 0.05) is 30.2 Å². The van der Waals surface area contributed by atoms with Gasteiger partial charge in [-0.25, -0.2) is 9.97 Å². The Kier molecular flexibility index (Phi) is 3.87. The summed E-state index contributed by atoms with van der Waals surface area (Å²) >= 11 is 0. The summed E-state index contributed by atoms with van der Waals surface area (Å²) in [6.07, 6.45) is 5.40. The molecule has 0 unspecified atom stereocenters. The zero-order chi connectivity index (χ0) is 15.5. The molecule has 112 valence electrons. The molecule has 0 saturated heterocycles. The molecule has 2 heterocycles. The first-order valence-corrected chi connectivity index (χ1v) is 7.32. The Morgan fingerprint density at radius 3 is 2.59 bits per heavy atom. The van der Waals surface area contributed by atoms with Crippen LogP contribution in [0, 0.1) is 0 Å². The van der Waals surface area contributed by atoms with Gasteiger partial charge in [0.05, 0.1) is 18.1 Å². The van der Waals surface area contributed by atoms with Gasteiger partial charge in [0.1, 0.15) is 11.6 Å². The lowest BCUT2D eigenvalue weighted by atomic mass is 10.1. The maximum absolute atomic E-state index is 4.63. The van der Waals surface area contributed by atoms with Gasteiger partial charge in [0.25, 0.3) is 0 Å². The van der Waals surface area contributed by atoms with Gasteiger partial charge in [0.2, 0.25) is 0 Å². The molecule has 0 aliphatic rings. The molecule has 5 heteroatoms. The Bertz CT molecular complexity index is 798.